The predicted octanol–water partition coefficient (Wildman–Crippen LogP) is 4.43. The first-order valence-corrected chi connectivity index (χ1v) is 11.4. The van der Waals surface area contributed by atoms with Gasteiger partial charge in [-0.3, -0.25) is 9.97 Å². The van der Waals surface area contributed by atoms with Crippen LogP contribution in [-0.4, -0.2) is 35.7 Å². The number of thiol groups is 1. The molecule has 0 unspecified atom stereocenters. The Hall–Kier alpha value is -3.43. The van der Waals surface area contributed by atoms with E-state index in [4.69, 9.17) is 0 Å². The third kappa shape index (κ3) is 4.23. The van der Waals surface area contributed by atoms with Crippen LogP contribution in [0, 0.1) is 0 Å². The van der Waals surface area contributed by atoms with Crippen LogP contribution in [0.25, 0.3) is 22.0 Å². The fourth-order valence-corrected chi connectivity index (χ4v) is 4.01. The number of carbonyl (C=O) groups is 1. The Morgan fingerprint density at radius 2 is 1.81 bits per heavy atom. The van der Waals surface area contributed by atoms with Crippen LogP contribution in [0.15, 0.2) is 76.9 Å². The van der Waals surface area contributed by atoms with Gasteiger partial charge in [0, 0.05) is 40.7 Å². The van der Waals surface area contributed by atoms with Crippen molar-refractivity contribution in [2.24, 2.45) is 0 Å². The highest BCUT2D eigenvalue weighted by atomic mass is 32.2. The van der Waals surface area contributed by atoms with Crippen LogP contribution >= 0.6 is 12.6 Å². The van der Waals surface area contributed by atoms with E-state index in [9.17, 15) is 18.3 Å². The highest BCUT2D eigenvalue weighted by molar-refractivity contribution is 7.90. The van der Waals surface area contributed by atoms with Crippen molar-refractivity contribution in [3.63, 3.8) is 0 Å². The van der Waals surface area contributed by atoms with Crippen LogP contribution < -0.4 is 5.32 Å². The standard InChI is InChI=1S/C22H17N3O4S2/c1-31(28,29)15-8-14(10-23-11-15)13-6-7-18-17(9-13)21(20(30)12-24-18)25-19-5-3-2-4-16(19)22(26)27/h2-12,30H,1H3,(H,24,25)(H,26,27). The van der Waals surface area contributed by atoms with E-state index >= 15 is 0 Å². The monoisotopic (exact) mass is 451 g/mol. The number of para-hydroxylation sites is 1. The number of pyridine rings is 2. The van der Waals surface area contributed by atoms with E-state index in [-0.39, 0.29) is 10.5 Å². The number of hydrogen-bond donors (Lipinski definition) is 3. The SMILES string of the molecule is CS(=O)(=O)c1cncc(-c2ccc3ncc(S)c(Nc4ccccc4C(=O)O)c3c2)c1. The largest absolute Gasteiger partial charge is 0.478 e. The molecule has 0 atom stereocenters. The summed E-state index contributed by atoms with van der Waals surface area (Å²) in [5, 5.41) is 13.4. The molecule has 7 nitrogen and oxygen atoms in total. The molecule has 0 radical (unpaired) electrons. The number of anilines is 2. The second-order valence-corrected chi connectivity index (χ2v) is 9.41. The van der Waals surface area contributed by atoms with Crippen LogP contribution in [-0.2, 0) is 9.84 Å². The van der Waals surface area contributed by atoms with E-state index in [1.165, 1.54) is 12.3 Å². The molecule has 0 aliphatic heterocycles. The molecule has 0 saturated heterocycles. The minimum atomic E-state index is -3.40. The molecule has 0 spiro atoms. The van der Waals surface area contributed by atoms with Gasteiger partial charge in [-0.1, -0.05) is 18.2 Å². The van der Waals surface area contributed by atoms with Crippen molar-refractivity contribution in [1.82, 2.24) is 9.97 Å². The van der Waals surface area contributed by atoms with Gasteiger partial charge in [0.25, 0.3) is 0 Å². The lowest BCUT2D eigenvalue weighted by Crippen LogP contribution is -2.03. The number of carboxylic acids is 1. The topological polar surface area (TPSA) is 109 Å². The summed E-state index contributed by atoms with van der Waals surface area (Å²) in [4.78, 5) is 20.7. The summed E-state index contributed by atoms with van der Waals surface area (Å²) in [6.45, 7) is 0. The third-order valence-corrected chi connectivity index (χ3v) is 6.16. The number of nitrogens with zero attached hydrogens (tertiary/aromatic N) is 2. The van der Waals surface area contributed by atoms with Gasteiger partial charge in [0.15, 0.2) is 9.84 Å². The van der Waals surface area contributed by atoms with Crippen molar-refractivity contribution < 1.29 is 18.3 Å². The summed E-state index contributed by atoms with van der Waals surface area (Å²) in [6, 6.07) is 13.6. The molecule has 2 aromatic carbocycles. The molecule has 9 heteroatoms. The van der Waals surface area contributed by atoms with Gasteiger partial charge < -0.3 is 10.4 Å². The lowest BCUT2D eigenvalue weighted by atomic mass is 10.0. The molecular weight excluding hydrogens is 434 g/mol. The Morgan fingerprint density at radius 1 is 1.03 bits per heavy atom. The number of fused-ring (bicyclic) bond motifs is 1. The highest BCUT2D eigenvalue weighted by Gasteiger charge is 2.14. The molecule has 0 aliphatic carbocycles. The maximum atomic E-state index is 11.9. The van der Waals surface area contributed by atoms with Crippen molar-refractivity contribution in [3.05, 3.63) is 72.7 Å². The third-order valence-electron chi connectivity index (χ3n) is 4.74. The van der Waals surface area contributed by atoms with Crippen molar-refractivity contribution in [2.75, 3.05) is 11.6 Å². The van der Waals surface area contributed by atoms with Gasteiger partial charge in [-0.05, 0) is 35.9 Å². The van der Waals surface area contributed by atoms with E-state index in [0.717, 1.165) is 11.8 Å². The van der Waals surface area contributed by atoms with Crippen LogP contribution in [0.4, 0.5) is 11.4 Å². The number of hydrogen-bond acceptors (Lipinski definition) is 7. The maximum Gasteiger partial charge on any atom is 0.337 e. The Balaban J connectivity index is 1.87. The van der Waals surface area contributed by atoms with Crippen LogP contribution in [0.3, 0.4) is 0 Å². The van der Waals surface area contributed by atoms with Gasteiger partial charge in [0.05, 0.1) is 27.4 Å². The van der Waals surface area contributed by atoms with Crippen LogP contribution in [0.2, 0.25) is 0 Å². The van der Waals surface area contributed by atoms with Crippen molar-refractivity contribution >= 4 is 50.7 Å². The van der Waals surface area contributed by atoms with Gasteiger partial charge in [-0.2, -0.15) is 0 Å². The summed E-state index contributed by atoms with van der Waals surface area (Å²) in [7, 11) is -3.40. The fourth-order valence-electron chi connectivity index (χ4n) is 3.19. The molecule has 31 heavy (non-hydrogen) atoms. The van der Waals surface area contributed by atoms with Crippen molar-refractivity contribution in [2.45, 2.75) is 9.79 Å². The number of nitrogens with one attached hydrogen (secondary N) is 1. The Kier molecular flexibility index (Phi) is 5.38. The molecule has 0 fully saturated rings. The Morgan fingerprint density at radius 3 is 2.55 bits per heavy atom. The lowest BCUT2D eigenvalue weighted by Gasteiger charge is -2.15. The minimum absolute atomic E-state index is 0.125. The minimum Gasteiger partial charge on any atom is -0.478 e. The normalized spacial score (nSPS) is 11.4. The Labute approximate surface area is 184 Å². The molecule has 2 heterocycles. The highest BCUT2D eigenvalue weighted by Crippen LogP contribution is 2.35. The number of carboxylic acid groups (broad SMARTS) is 1. The first kappa shape index (κ1) is 20.8. The molecule has 0 bridgehead atoms. The van der Waals surface area contributed by atoms with E-state index in [1.54, 1.807) is 42.7 Å². The van der Waals surface area contributed by atoms with Gasteiger partial charge in [0.1, 0.15) is 0 Å². The van der Waals surface area contributed by atoms with E-state index < -0.39 is 15.8 Å². The zero-order valence-electron chi connectivity index (χ0n) is 16.3. The molecular formula is C22H17N3O4S2. The summed E-state index contributed by atoms with van der Waals surface area (Å²) >= 11 is 4.50. The molecule has 4 aromatic rings. The Bertz CT molecular complexity index is 1440. The molecule has 2 N–H and O–H groups in total. The molecule has 0 saturated carbocycles. The van der Waals surface area contributed by atoms with Crippen molar-refractivity contribution in [1.29, 1.82) is 0 Å². The first-order chi connectivity index (χ1) is 14.7. The number of aromatic carboxylic acids is 1. The van der Waals surface area contributed by atoms with E-state index in [1.807, 2.05) is 12.1 Å². The van der Waals surface area contributed by atoms with Gasteiger partial charge in [-0.15, -0.1) is 12.6 Å². The number of aromatic nitrogens is 2. The number of benzene rings is 2. The quantitative estimate of drug-likeness (QED) is 0.385. The fraction of sp³-hybridized carbons (Fsp3) is 0.0455. The average Bonchev–Trinajstić information content (AvgIpc) is 2.75. The summed E-state index contributed by atoms with van der Waals surface area (Å²) in [5.41, 5.74) is 3.18. The number of rotatable bonds is 5. The first-order valence-electron chi connectivity index (χ1n) is 9.10. The van der Waals surface area contributed by atoms with E-state index in [0.29, 0.717) is 32.7 Å². The molecule has 0 amide bonds. The van der Waals surface area contributed by atoms with Crippen molar-refractivity contribution in [3.8, 4) is 11.1 Å². The molecule has 2 aromatic heterocycles. The lowest BCUT2D eigenvalue weighted by molar-refractivity contribution is 0.0698. The molecule has 0 aliphatic rings. The zero-order valence-corrected chi connectivity index (χ0v) is 18.0. The number of sulfone groups is 1. The zero-order chi connectivity index (χ0) is 22.2. The van der Waals surface area contributed by atoms with Crippen LogP contribution in [0.5, 0.6) is 0 Å². The maximum absolute atomic E-state index is 11.9. The average molecular weight is 452 g/mol. The molecule has 4 rings (SSSR count). The van der Waals surface area contributed by atoms with E-state index in [2.05, 4.69) is 27.9 Å². The second kappa shape index (κ2) is 8.01. The summed E-state index contributed by atoms with van der Waals surface area (Å²) in [5.74, 6) is -1.05. The second-order valence-electron chi connectivity index (χ2n) is 6.91. The van der Waals surface area contributed by atoms with Gasteiger partial charge in [-0.25, -0.2) is 13.2 Å². The van der Waals surface area contributed by atoms with Gasteiger partial charge >= 0.3 is 5.97 Å². The molecule has 156 valence electrons. The summed E-state index contributed by atoms with van der Waals surface area (Å²) in [6.07, 6.45) is 5.61. The smallest absolute Gasteiger partial charge is 0.337 e. The predicted molar refractivity (Wildman–Crippen MR) is 122 cm³/mol. The van der Waals surface area contributed by atoms with Crippen LogP contribution in [0.1, 0.15) is 10.4 Å². The van der Waals surface area contributed by atoms with Gasteiger partial charge in [0.2, 0.25) is 0 Å². The summed E-state index contributed by atoms with van der Waals surface area (Å²) < 4.78 is 23.8.